The number of likely N-dealkylation sites (tertiary alicyclic amines) is 1. The minimum absolute atomic E-state index is 0.0238. The number of amides is 1. The van der Waals surface area contributed by atoms with Crippen LogP contribution in [0.15, 0.2) is 24.8 Å². The number of carbonyl (C=O) groups is 1. The van der Waals surface area contributed by atoms with Crippen molar-refractivity contribution < 1.29 is 24.5 Å². The standard InChI is InChI=1S/C24H32N2O5/c1-3-11-26-12-10-23-20-15-6-7-17(27)21(20)31-22(23)16(25-19(28)5-4-13-30-2)8-9-24(23,29)18(26)14-15/h3,6-7,16,18,22,27,29H,1,4-5,8-14H2,2H3,(H,25,28)/t16?,18?,22-,23+,24?/m1/s1. The predicted octanol–water partition coefficient (Wildman–Crippen LogP) is 1.64. The van der Waals surface area contributed by atoms with Crippen molar-refractivity contribution in [3.8, 4) is 11.5 Å². The van der Waals surface area contributed by atoms with Crippen molar-refractivity contribution in [1.29, 1.82) is 0 Å². The fraction of sp³-hybridized carbons (Fsp3) is 0.625. The molecule has 7 heteroatoms. The molecular formula is C24H32N2O5. The van der Waals surface area contributed by atoms with Crippen molar-refractivity contribution in [2.75, 3.05) is 26.8 Å². The predicted molar refractivity (Wildman–Crippen MR) is 115 cm³/mol. The summed E-state index contributed by atoms with van der Waals surface area (Å²) in [5.74, 6) is 0.587. The summed E-state index contributed by atoms with van der Waals surface area (Å²) in [6, 6.07) is 3.42. The summed E-state index contributed by atoms with van der Waals surface area (Å²) < 4.78 is 11.5. The first-order valence-electron chi connectivity index (χ1n) is 11.3. The van der Waals surface area contributed by atoms with E-state index in [1.807, 2.05) is 12.1 Å². The lowest BCUT2D eigenvalue weighted by Gasteiger charge is -2.64. The highest BCUT2D eigenvalue weighted by molar-refractivity contribution is 5.76. The van der Waals surface area contributed by atoms with E-state index in [4.69, 9.17) is 9.47 Å². The minimum Gasteiger partial charge on any atom is -0.504 e. The van der Waals surface area contributed by atoms with E-state index in [9.17, 15) is 15.0 Å². The van der Waals surface area contributed by atoms with Crippen LogP contribution in [0.5, 0.6) is 11.5 Å². The van der Waals surface area contributed by atoms with Crippen LogP contribution in [-0.4, -0.2) is 71.6 Å². The lowest BCUT2D eigenvalue weighted by atomic mass is 9.48. The maximum atomic E-state index is 12.6. The van der Waals surface area contributed by atoms with Crippen LogP contribution in [0, 0.1) is 0 Å². The number of aromatic hydroxyl groups is 1. The van der Waals surface area contributed by atoms with Gasteiger partial charge in [-0.2, -0.15) is 0 Å². The highest BCUT2D eigenvalue weighted by Crippen LogP contribution is 2.65. The molecule has 3 unspecified atom stereocenters. The molecule has 2 fully saturated rings. The number of aliphatic hydroxyl groups is 1. The smallest absolute Gasteiger partial charge is 0.220 e. The van der Waals surface area contributed by atoms with Gasteiger partial charge in [-0.25, -0.2) is 0 Å². The molecule has 5 atom stereocenters. The van der Waals surface area contributed by atoms with Crippen LogP contribution in [0.25, 0.3) is 0 Å². The van der Waals surface area contributed by atoms with Crippen molar-refractivity contribution in [2.45, 2.75) is 67.7 Å². The van der Waals surface area contributed by atoms with Crippen molar-refractivity contribution in [1.82, 2.24) is 10.2 Å². The number of phenolic OH excluding ortho intramolecular Hbond substituents is 1. The first-order valence-corrected chi connectivity index (χ1v) is 11.3. The largest absolute Gasteiger partial charge is 0.504 e. The number of benzene rings is 1. The molecule has 0 aromatic heterocycles. The molecule has 1 aromatic carbocycles. The molecule has 3 N–H and O–H groups in total. The van der Waals surface area contributed by atoms with Gasteiger partial charge in [0, 0.05) is 38.3 Å². The van der Waals surface area contributed by atoms with Crippen LogP contribution in [0.2, 0.25) is 0 Å². The molecule has 2 aliphatic heterocycles. The van der Waals surface area contributed by atoms with Crippen molar-refractivity contribution in [3.63, 3.8) is 0 Å². The highest BCUT2D eigenvalue weighted by Gasteiger charge is 2.72. The second kappa shape index (κ2) is 7.50. The summed E-state index contributed by atoms with van der Waals surface area (Å²) in [4.78, 5) is 14.9. The molecular weight excluding hydrogens is 396 g/mol. The molecule has 2 bridgehead atoms. The van der Waals surface area contributed by atoms with E-state index >= 15 is 0 Å². The maximum absolute atomic E-state index is 12.6. The van der Waals surface area contributed by atoms with Gasteiger partial charge in [0.2, 0.25) is 5.91 Å². The molecule has 2 aliphatic carbocycles. The van der Waals surface area contributed by atoms with E-state index in [-0.39, 0.29) is 23.7 Å². The van der Waals surface area contributed by atoms with Crippen LogP contribution in [0.3, 0.4) is 0 Å². The van der Waals surface area contributed by atoms with E-state index in [0.717, 1.165) is 37.1 Å². The van der Waals surface area contributed by atoms with Crippen molar-refractivity contribution >= 4 is 5.91 Å². The van der Waals surface area contributed by atoms with E-state index in [1.165, 1.54) is 0 Å². The van der Waals surface area contributed by atoms with Gasteiger partial charge in [-0.15, -0.1) is 6.58 Å². The number of nitrogens with zero attached hydrogens (tertiary/aromatic N) is 1. The molecule has 1 saturated carbocycles. The molecule has 1 amide bonds. The summed E-state index contributed by atoms with van der Waals surface area (Å²) >= 11 is 0. The highest BCUT2D eigenvalue weighted by atomic mass is 16.5. The number of nitrogens with one attached hydrogen (secondary N) is 1. The van der Waals surface area contributed by atoms with Crippen LogP contribution in [0.4, 0.5) is 0 Å². The zero-order chi connectivity index (χ0) is 21.8. The lowest BCUT2D eigenvalue weighted by Crippen LogP contribution is -2.78. The Morgan fingerprint density at radius 3 is 3.06 bits per heavy atom. The lowest BCUT2D eigenvalue weighted by molar-refractivity contribution is -0.190. The summed E-state index contributed by atoms with van der Waals surface area (Å²) in [6.07, 6.45) is 5.23. The third-order valence-corrected chi connectivity index (χ3v) is 8.04. The monoisotopic (exact) mass is 428 g/mol. The number of methoxy groups -OCH3 is 1. The number of ether oxygens (including phenoxy) is 2. The van der Waals surface area contributed by atoms with E-state index in [0.29, 0.717) is 38.0 Å². The van der Waals surface area contributed by atoms with Gasteiger partial charge in [-0.05, 0) is 50.3 Å². The van der Waals surface area contributed by atoms with Gasteiger partial charge >= 0.3 is 0 Å². The summed E-state index contributed by atoms with van der Waals surface area (Å²) in [7, 11) is 1.63. The van der Waals surface area contributed by atoms with E-state index in [2.05, 4.69) is 16.8 Å². The molecule has 2 heterocycles. The van der Waals surface area contributed by atoms with Gasteiger partial charge in [-0.3, -0.25) is 9.69 Å². The Morgan fingerprint density at radius 1 is 1.45 bits per heavy atom. The van der Waals surface area contributed by atoms with Crippen molar-refractivity contribution in [2.24, 2.45) is 0 Å². The molecule has 5 rings (SSSR count). The number of piperidine rings is 1. The molecule has 1 spiro atoms. The number of phenols is 1. The fourth-order valence-electron chi connectivity index (χ4n) is 6.82. The normalized spacial score (nSPS) is 35.2. The quantitative estimate of drug-likeness (QED) is 0.452. The fourth-order valence-corrected chi connectivity index (χ4v) is 6.82. The van der Waals surface area contributed by atoms with Gasteiger partial charge in [0.1, 0.15) is 6.10 Å². The molecule has 168 valence electrons. The number of rotatable bonds is 7. The minimum atomic E-state index is -0.970. The Labute approximate surface area is 183 Å². The molecule has 0 radical (unpaired) electrons. The Balaban J connectivity index is 1.54. The van der Waals surface area contributed by atoms with Crippen LogP contribution >= 0.6 is 0 Å². The van der Waals surface area contributed by atoms with Crippen molar-refractivity contribution in [3.05, 3.63) is 35.9 Å². The summed E-state index contributed by atoms with van der Waals surface area (Å²) in [5.41, 5.74) is 0.501. The Kier molecular flexibility index (Phi) is 5.03. The molecule has 1 saturated heterocycles. The van der Waals surface area contributed by atoms with Gasteiger partial charge < -0.3 is 25.0 Å². The number of hydrogen-bond acceptors (Lipinski definition) is 6. The van der Waals surface area contributed by atoms with Crippen LogP contribution in [-0.2, 0) is 21.4 Å². The second-order valence-corrected chi connectivity index (χ2v) is 9.44. The van der Waals surface area contributed by atoms with Gasteiger partial charge in [0.25, 0.3) is 0 Å². The number of hydrogen-bond donors (Lipinski definition) is 3. The van der Waals surface area contributed by atoms with Crippen LogP contribution in [0.1, 0.15) is 43.2 Å². The first kappa shape index (κ1) is 20.8. The average molecular weight is 429 g/mol. The van der Waals surface area contributed by atoms with Gasteiger partial charge in [-0.1, -0.05) is 12.1 Å². The maximum Gasteiger partial charge on any atom is 0.220 e. The Morgan fingerprint density at radius 2 is 2.29 bits per heavy atom. The SMILES string of the molecule is C=CCN1CC[C@]23c4c5ccc(O)c4O[C@@H]2C(NC(=O)CCCOC)CCC3(O)C1C5. The molecule has 1 aromatic rings. The third kappa shape index (κ3) is 2.79. The first-order chi connectivity index (χ1) is 15.0. The topological polar surface area (TPSA) is 91.3 Å². The number of carbonyl (C=O) groups excluding carboxylic acids is 1. The summed E-state index contributed by atoms with van der Waals surface area (Å²) in [6.45, 7) is 6.00. The van der Waals surface area contributed by atoms with E-state index in [1.54, 1.807) is 13.2 Å². The van der Waals surface area contributed by atoms with E-state index < -0.39 is 17.1 Å². The van der Waals surface area contributed by atoms with Gasteiger partial charge in [0.15, 0.2) is 11.5 Å². The zero-order valence-electron chi connectivity index (χ0n) is 18.1. The van der Waals surface area contributed by atoms with Crippen LogP contribution < -0.4 is 10.1 Å². The Bertz CT molecular complexity index is 904. The summed E-state index contributed by atoms with van der Waals surface area (Å²) in [5, 5.41) is 26.0. The molecule has 31 heavy (non-hydrogen) atoms. The Hall–Kier alpha value is -2.09. The zero-order valence-corrected chi connectivity index (χ0v) is 18.1. The molecule has 4 aliphatic rings. The third-order valence-electron chi connectivity index (χ3n) is 8.04. The molecule has 7 nitrogen and oxygen atoms in total. The van der Waals surface area contributed by atoms with Gasteiger partial charge in [0.05, 0.1) is 17.1 Å². The second-order valence-electron chi connectivity index (χ2n) is 9.44. The average Bonchev–Trinajstić information content (AvgIpc) is 3.10.